The van der Waals surface area contributed by atoms with Gasteiger partial charge in [0.05, 0.1) is 15.6 Å². The van der Waals surface area contributed by atoms with Gasteiger partial charge in [-0.1, -0.05) is 11.6 Å². The molecule has 28 heavy (non-hydrogen) atoms. The summed E-state index contributed by atoms with van der Waals surface area (Å²) in [6.45, 7) is 0.262. The van der Waals surface area contributed by atoms with Crippen molar-refractivity contribution in [1.29, 1.82) is 0 Å². The maximum Gasteiger partial charge on any atom is 0.258 e. The zero-order valence-corrected chi connectivity index (χ0v) is 17.7. The van der Waals surface area contributed by atoms with E-state index < -0.39 is 22.0 Å². The van der Waals surface area contributed by atoms with Crippen LogP contribution in [0.3, 0.4) is 0 Å². The minimum Gasteiger partial charge on any atom is -0.507 e. The van der Waals surface area contributed by atoms with Crippen LogP contribution >= 0.6 is 27.5 Å². The number of phenols is 1. The van der Waals surface area contributed by atoms with Crippen LogP contribution in [0.15, 0.2) is 56.9 Å². The number of rotatable bonds is 5. The van der Waals surface area contributed by atoms with Crippen molar-refractivity contribution in [1.82, 2.24) is 9.73 Å². The van der Waals surface area contributed by atoms with Crippen LogP contribution in [0.4, 0.5) is 0 Å². The van der Waals surface area contributed by atoms with Gasteiger partial charge in [-0.2, -0.15) is 9.41 Å². The first-order chi connectivity index (χ1) is 13.3. The molecule has 2 aromatic rings. The van der Waals surface area contributed by atoms with E-state index in [-0.39, 0.29) is 17.2 Å². The van der Waals surface area contributed by atoms with Crippen LogP contribution in [0, 0.1) is 0 Å². The summed E-state index contributed by atoms with van der Waals surface area (Å²) in [5, 5.41) is 13.8. The third-order valence-electron chi connectivity index (χ3n) is 4.29. The van der Waals surface area contributed by atoms with Gasteiger partial charge in [0.1, 0.15) is 11.8 Å². The van der Waals surface area contributed by atoms with Crippen LogP contribution < -0.4 is 5.43 Å². The molecule has 7 nitrogen and oxygen atoms in total. The Kier molecular flexibility index (Phi) is 6.39. The van der Waals surface area contributed by atoms with Gasteiger partial charge in [-0.3, -0.25) is 4.79 Å². The number of aromatic hydroxyl groups is 1. The number of amides is 1. The molecule has 1 aliphatic rings. The lowest BCUT2D eigenvalue weighted by atomic mass is 10.2. The largest absolute Gasteiger partial charge is 0.507 e. The highest BCUT2D eigenvalue weighted by molar-refractivity contribution is 9.10. The third kappa shape index (κ3) is 4.54. The van der Waals surface area contributed by atoms with Gasteiger partial charge in [0.2, 0.25) is 10.0 Å². The molecule has 0 spiro atoms. The summed E-state index contributed by atoms with van der Waals surface area (Å²) < 4.78 is 27.4. The summed E-state index contributed by atoms with van der Waals surface area (Å²) in [6, 6.07) is 9.77. The molecule has 3 rings (SSSR count). The molecule has 1 amide bonds. The number of hydrazone groups is 1. The molecular weight excluding hydrogens is 470 g/mol. The fourth-order valence-corrected chi connectivity index (χ4v) is 5.06. The number of nitrogens with one attached hydrogen (secondary N) is 1. The average molecular weight is 487 g/mol. The van der Waals surface area contributed by atoms with E-state index in [1.54, 1.807) is 12.1 Å². The lowest BCUT2D eigenvalue weighted by Gasteiger charge is -2.22. The molecule has 0 unspecified atom stereocenters. The molecular formula is C18H17BrClN3O4S. The Balaban J connectivity index is 1.71. The number of hydrogen-bond acceptors (Lipinski definition) is 5. The number of phenolic OH excluding ortho intramolecular Hbond substituents is 1. The number of carbonyl (C=O) groups excluding carboxylic acids is 1. The fourth-order valence-electron chi connectivity index (χ4n) is 2.88. The Bertz CT molecular complexity index is 1010. The van der Waals surface area contributed by atoms with E-state index in [0.717, 1.165) is 0 Å². The van der Waals surface area contributed by atoms with E-state index in [1.165, 1.54) is 40.9 Å². The molecule has 1 atom stereocenters. The molecule has 2 aromatic carbocycles. The molecule has 0 radical (unpaired) electrons. The lowest BCUT2D eigenvalue weighted by Crippen LogP contribution is -2.44. The van der Waals surface area contributed by atoms with Crippen LogP contribution in [0.2, 0.25) is 5.02 Å². The number of hydrogen-bond donors (Lipinski definition) is 2. The zero-order chi connectivity index (χ0) is 20.3. The van der Waals surface area contributed by atoms with Crippen LogP contribution in [0.5, 0.6) is 5.75 Å². The first kappa shape index (κ1) is 20.8. The van der Waals surface area contributed by atoms with Gasteiger partial charge in [0, 0.05) is 11.6 Å². The van der Waals surface area contributed by atoms with Crippen molar-refractivity contribution in [3.05, 3.63) is 57.5 Å². The molecule has 10 heteroatoms. The number of benzene rings is 2. The lowest BCUT2D eigenvalue weighted by molar-refractivity contribution is -0.124. The van der Waals surface area contributed by atoms with Gasteiger partial charge in [-0.25, -0.2) is 13.8 Å². The predicted octanol–water partition coefficient (Wildman–Crippen LogP) is 3.11. The fraction of sp³-hybridized carbons (Fsp3) is 0.222. The van der Waals surface area contributed by atoms with Crippen LogP contribution in [-0.4, -0.2) is 42.5 Å². The molecule has 1 heterocycles. The van der Waals surface area contributed by atoms with Gasteiger partial charge in [-0.05, 0) is 76.8 Å². The van der Waals surface area contributed by atoms with Crippen molar-refractivity contribution in [2.24, 2.45) is 5.10 Å². The maximum atomic E-state index is 12.9. The summed E-state index contributed by atoms with van der Waals surface area (Å²) in [4.78, 5) is 12.6. The van der Waals surface area contributed by atoms with Crippen molar-refractivity contribution in [2.45, 2.75) is 23.8 Å². The summed E-state index contributed by atoms with van der Waals surface area (Å²) >= 11 is 9.02. The molecule has 2 N–H and O–H groups in total. The van der Waals surface area contributed by atoms with Crippen molar-refractivity contribution < 1.29 is 18.3 Å². The van der Waals surface area contributed by atoms with Crippen LogP contribution in [0.25, 0.3) is 0 Å². The molecule has 1 fully saturated rings. The summed E-state index contributed by atoms with van der Waals surface area (Å²) in [6.07, 6.45) is 2.41. The van der Waals surface area contributed by atoms with Crippen molar-refractivity contribution in [3.63, 3.8) is 0 Å². The second kappa shape index (κ2) is 8.60. The summed E-state index contributed by atoms with van der Waals surface area (Å²) in [7, 11) is -3.81. The van der Waals surface area contributed by atoms with Gasteiger partial charge < -0.3 is 5.11 Å². The minimum atomic E-state index is -3.81. The monoisotopic (exact) mass is 485 g/mol. The quantitative estimate of drug-likeness (QED) is 0.501. The summed E-state index contributed by atoms with van der Waals surface area (Å²) in [5.74, 6) is -0.403. The first-order valence-electron chi connectivity index (χ1n) is 8.38. The minimum absolute atomic E-state index is 0.0917. The Hall–Kier alpha value is -1.94. The average Bonchev–Trinajstić information content (AvgIpc) is 3.16. The molecule has 0 aliphatic carbocycles. The molecule has 0 aromatic heterocycles. The highest BCUT2D eigenvalue weighted by Crippen LogP contribution is 2.27. The van der Waals surface area contributed by atoms with Gasteiger partial charge >= 0.3 is 0 Å². The standard InChI is InChI=1S/C18H17BrClN3O4S/c19-15-10-12(3-8-17(15)24)11-21-22-18(25)16-2-1-9-23(16)28(26,27)14-6-4-13(20)5-7-14/h3-8,10-11,16,24H,1-2,9H2,(H,22,25)/b21-11-/t16-/m0/s1. The van der Waals surface area contributed by atoms with E-state index >= 15 is 0 Å². The van der Waals surface area contributed by atoms with E-state index in [2.05, 4.69) is 26.5 Å². The molecule has 1 saturated heterocycles. The van der Waals surface area contributed by atoms with Crippen molar-refractivity contribution in [3.8, 4) is 5.75 Å². The van der Waals surface area contributed by atoms with E-state index in [4.69, 9.17) is 11.6 Å². The molecule has 0 saturated carbocycles. The second-order valence-electron chi connectivity index (χ2n) is 6.17. The number of carbonyl (C=O) groups is 1. The highest BCUT2D eigenvalue weighted by Gasteiger charge is 2.39. The van der Waals surface area contributed by atoms with Crippen molar-refractivity contribution >= 4 is 49.7 Å². The third-order valence-corrected chi connectivity index (χ3v) is 7.10. The van der Waals surface area contributed by atoms with Crippen LogP contribution in [-0.2, 0) is 14.8 Å². The Labute approximate surface area is 176 Å². The van der Waals surface area contributed by atoms with E-state index in [1.807, 2.05) is 0 Å². The SMILES string of the molecule is O=C(N/N=C\c1ccc(O)c(Br)c1)[C@@H]1CCCN1S(=O)(=O)c1ccc(Cl)cc1. The second-order valence-corrected chi connectivity index (χ2v) is 9.35. The number of halogens is 2. The summed E-state index contributed by atoms with van der Waals surface area (Å²) in [5.41, 5.74) is 3.05. The number of sulfonamides is 1. The molecule has 1 aliphatic heterocycles. The van der Waals surface area contributed by atoms with Crippen molar-refractivity contribution in [2.75, 3.05) is 6.54 Å². The topological polar surface area (TPSA) is 99.1 Å². The zero-order valence-electron chi connectivity index (χ0n) is 14.5. The van der Waals surface area contributed by atoms with E-state index in [0.29, 0.717) is 27.9 Å². The van der Waals surface area contributed by atoms with E-state index in [9.17, 15) is 18.3 Å². The van der Waals surface area contributed by atoms with Gasteiger partial charge in [0.25, 0.3) is 5.91 Å². The predicted molar refractivity (Wildman–Crippen MR) is 110 cm³/mol. The van der Waals surface area contributed by atoms with Gasteiger partial charge in [0.15, 0.2) is 0 Å². The Morgan fingerprint density at radius 1 is 1.29 bits per heavy atom. The highest BCUT2D eigenvalue weighted by atomic mass is 79.9. The maximum absolute atomic E-state index is 12.9. The van der Waals surface area contributed by atoms with Crippen LogP contribution in [0.1, 0.15) is 18.4 Å². The Morgan fingerprint density at radius 3 is 2.68 bits per heavy atom. The molecule has 0 bridgehead atoms. The normalized spacial score (nSPS) is 17.9. The first-order valence-corrected chi connectivity index (χ1v) is 11.0. The number of nitrogens with zero attached hydrogens (tertiary/aromatic N) is 2. The molecule has 148 valence electrons. The Morgan fingerprint density at radius 2 is 2.00 bits per heavy atom. The van der Waals surface area contributed by atoms with Gasteiger partial charge in [-0.15, -0.1) is 0 Å². The smallest absolute Gasteiger partial charge is 0.258 e.